The molecule has 90 valence electrons. The van der Waals surface area contributed by atoms with Gasteiger partial charge in [0.1, 0.15) is 4.99 Å². The molecule has 0 fully saturated rings. The van der Waals surface area contributed by atoms with E-state index in [1.165, 1.54) is 0 Å². The molecule has 4 heteroatoms. The number of aromatic nitrogens is 1. The predicted octanol–water partition coefficient (Wildman–Crippen LogP) is 2.05. The van der Waals surface area contributed by atoms with Crippen molar-refractivity contribution in [1.82, 2.24) is 4.57 Å². The van der Waals surface area contributed by atoms with Gasteiger partial charge in [-0.2, -0.15) is 0 Å². The van der Waals surface area contributed by atoms with Crippen molar-refractivity contribution in [3.8, 4) is 0 Å². The first-order valence-corrected chi connectivity index (χ1v) is 6.06. The van der Waals surface area contributed by atoms with Gasteiger partial charge in [0.05, 0.1) is 6.10 Å². The number of nitrogens with two attached hydrogens (primary N) is 1. The molecule has 0 saturated carbocycles. The maximum atomic E-state index is 9.31. The number of fused-ring (bicyclic) bond motifs is 1. The summed E-state index contributed by atoms with van der Waals surface area (Å²) in [6, 6.07) is 7.95. The highest BCUT2D eigenvalue weighted by molar-refractivity contribution is 7.80. The summed E-state index contributed by atoms with van der Waals surface area (Å²) >= 11 is 5.03. The fourth-order valence-electron chi connectivity index (χ4n) is 1.96. The van der Waals surface area contributed by atoms with Crippen LogP contribution in [0.1, 0.15) is 18.9 Å². The zero-order valence-electron chi connectivity index (χ0n) is 9.76. The fraction of sp³-hybridized carbons (Fsp3) is 0.308. The number of nitrogens with zero attached hydrogens (tertiary/aromatic N) is 1. The molecule has 17 heavy (non-hydrogen) atoms. The second kappa shape index (κ2) is 4.85. The zero-order chi connectivity index (χ0) is 12.4. The van der Waals surface area contributed by atoms with Crippen molar-refractivity contribution in [1.29, 1.82) is 0 Å². The van der Waals surface area contributed by atoms with Gasteiger partial charge in [0.25, 0.3) is 0 Å². The van der Waals surface area contributed by atoms with Crippen molar-refractivity contribution >= 4 is 28.1 Å². The smallest absolute Gasteiger partial charge is 0.104 e. The molecule has 1 unspecified atom stereocenters. The summed E-state index contributed by atoms with van der Waals surface area (Å²) in [5.41, 5.74) is 7.71. The largest absolute Gasteiger partial charge is 0.393 e. The van der Waals surface area contributed by atoms with Crippen molar-refractivity contribution in [2.75, 3.05) is 0 Å². The van der Waals surface area contributed by atoms with Crippen LogP contribution in [0.4, 0.5) is 0 Å². The van der Waals surface area contributed by atoms with Crippen molar-refractivity contribution in [2.45, 2.75) is 26.0 Å². The second-order valence-electron chi connectivity index (χ2n) is 4.25. The second-order valence-corrected chi connectivity index (χ2v) is 4.69. The Bertz CT molecular complexity index is 545. The molecule has 0 aliphatic heterocycles. The van der Waals surface area contributed by atoms with Crippen LogP contribution in [0.2, 0.25) is 0 Å². The van der Waals surface area contributed by atoms with Gasteiger partial charge in [-0.3, -0.25) is 0 Å². The Morgan fingerprint density at radius 1 is 1.47 bits per heavy atom. The molecule has 0 aliphatic rings. The standard InChI is InChI=1S/C13H16N2OS/c1-9(16)5-7-15-8-6-10-11(13(14)17)3-2-4-12(10)15/h2-4,6,8-9,16H,5,7H2,1H3,(H2,14,17). The Kier molecular flexibility index (Phi) is 3.45. The number of rotatable bonds is 4. The minimum absolute atomic E-state index is 0.286. The molecule has 0 amide bonds. The lowest BCUT2D eigenvalue weighted by Gasteiger charge is -2.08. The van der Waals surface area contributed by atoms with E-state index in [0.717, 1.165) is 29.4 Å². The quantitative estimate of drug-likeness (QED) is 0.814. The number of aryl methyl sites for hydroxylation is 1. The highest BCUT2D eigenvalue weighted by Crippen LogP contribution is 2.20. The molecule has 3 nitrogen and oxygen atoms in total. The highest BCUT2D eigenvalue weighted by Gasteiger charge is 2.07. The predicted molar refractivity (Wildman–Crippen MR) is 74.1 cm³/mol. The molecule has 0 spiro atoms. The number of hydrogen-bond acceptors (Lipinski definition) is 2. The SMILES string of the molecule is CC(O)CCn1ccc2c(C(N)=S)cccc21. The van der Waals surface area contributed by atoms with E-state index in [2.05, 4.69) is 4.57 Å². The third kappa shape index (κ3) is 2.48. The number of benzene rings is 1. The fourth-order valence-corrected chi connectivity index (χ4v) is 2.14. The third-order valence-corrected chi connectivity index (χ3v) is 3.09. The minimum atomic E-state index is -0.286. The molecule has 0 saturated heterocycles. The maximum Gasteiger partial charge on any atom is 0.104 e. The van der Waals surface area contributed by atoms with Gasteiger partial charge in [0.2, 0.25) is 0 Å². The van der Waals surface area contributed by atoms with E-state index in [4.69, 9.17) is 18.0 Å². The highest BCUT2D eigenvalue weighted by atomic mass is 32.1. The molecule has 3 N–H and O–H groups in total. The van der Waals surface area contributed by atoms with Crippen LogP contribution >= 0.6 is 12.2 Å². The first-order valence-electron chi connectivity index (χ1n) is 5.65. The minimum Gasteiger partial charge on any atom is -0.393 e. The Hall–Kier alpha value is -1.39. The van der Waals surface area contributed by atoms with Crippen molar-refractivity contribution in [3.63, 3.8) is 0 Å². The van der Waals surface area contributed by atoms with Gasteiger partial charge in [-0.05, 0) is 25.5 Å². The Labute approximate surface area is 106 Å². The van der Waals surface area contributed by atoms with Crippen molar-refractivity contribution < 1.29 is 5.11 Å². The lowest BCUT2D eigenvalue weighted by molar-refractivity contribution is 0.178. The molecular formula is C13H16N2OS. The topological polar surface area (TPSA) is 51.2 Å². The number of aliphatic hydroxyl groups excluding tert-OH is 1. The van der Waals surface area contributed by atoms with E-state index in [1.54, 1.807) is 6.92 Å². The van der Waals surface area contributed by atoms with Crippen molar-refractivity contribution in [2.24, 2.45) is 5.73 Å². The Morgan fingerprint density at radius 3 is 2.88 bits per heavy atom. The van der Waals surface area contributed by atoms with Crippen LogP contribution in [0, 0.1) is 0 Å². The van der Waals surface area contributed by atoms with Crippen LogP contribution in [-0.2, 0) is 6.54 Å². The van der Waals surface area contributed by atoms with E-state index in [9.17, 15) is 5.11 Å². The average Bonchev–Trinajstić information content (AvgIpc) is 2.68. The maximum absolute atomic E-state index is 9.31. The summed E-state index contributed by atoms with van der Waals surface area (Å²) < 4.78 is 2.11. The monoisotopic (exact) mass is 248 g/mol. The third-order valence-electron chi connectivity index (χ3n) is 2.87. The average molecular weight is 248 g/mol. The van der Waals surface area contributed by atoms with Gasteiger partial charge in [-0.1, -0.05) is 24.4 Å². The van der Waals surface area contributed by atoms with Crippen LogP contribution in [-0.4, -0.2) is 20.8 Å². The van der Waals surface area contributed by atoms with Crippen LogP contribution in [0.25, 0.3) is 10.9 Å². The Balaban J connectivity index is 2.40. The Morgan fingerprint density at radius 2 is 2.24 bits per heavy atom. The molecule has 1 heterocycles. The van der Waals surface area contributed by atoms with Crippen LogP contribution < -0.4 is 5.73 Å². The van der Waals surface area contributed by atoms with Crippen LogP contribution in [0.5, 0.6) is 0 Å². The first kappa shape index (κ1) is 12.1. The van der Waals surface area contributed by atoms with Gasteiger partial charge >= 0.3 is 0 Å². The summed E-state index contributed by atoms with van der Waals surface area (Å²) in [7, 11) is 0. The summed E-state index contributed by atoms with van der Waals surface area (Å²) in [5, 5.41) is 10.4. The molecular weight excluding hydrogens is 232 g/mol. The molecule has 2 rings (SSSR count). The zero-order valence-corrected chi connectivity index (χ0v) is 10.6. The molecule has 2 aromatic rings. The van der Waals surface area contributed by atoms with Gasteiger partial charge < -0.3 is 15.4 Å². The normalized spacial score (nSPS) is 12.8. The van der Waals surface area contributed by atoms with Gasteiger partial charge in [-0.25, -0.2) is 0 Å². The molecule has 1 aromatic heterocycles. The molecule has 0 radical (unpaired) electrons. The molecule has 0 bridgehead atoms. The van der Waals surface area contributed by atoms with Gasteiger partial charge in [-0.15, -0.1) is 0 Å². The molecule has 1 atom stereocenters. The summed E-state index contributed by atoms with van der Waals surface area (Å²) in [5.74, 6) is 0. The lowest BCUT2D eigenvalue weighted by Crippen LogP contribution is -2.10. The summed E-state index contributed by atoms with van der Waals surface area (Å²) in [6.45, 7) is 2.59. The number of aliphatic hydroxyl groups is 1. The number of thiocarbonyl (C=S) groups is 1. The van der Waals surface area contributed by atoms with E-state index < -0.39 is 0 Å². The summed E-state index contributed by atoms with van der Waals surface area (Å²) in [6.07, 6.45) is 2.46. The lowest BCUT2D eigenvalue weighted by atomic mass is 10.1. The molecule has 1 aromatic carbocycles. The van der Waals surface area contributed by atoms with Crippen molar-refractivity contribution in [3.05, 3.63) is 36.0 Å². The molecule has 0 aliphatic carbocycles. The number of hydrogen-bond donors (Lipinski definition) is 2. The van der Waals surface area contributed by atoms with E-state index in [-0.39, 0.29) is 6.10 Å². The van der Waals surface area contributed by atoms with Gasteiger partial charge in [0, 0.05) is 29.2 Å². The first-order chi connectivity index (χ1) is 8.09. The van der Waals surface area contributed by atoms with Crippen LogP contribution in [0.3, 0.4) is 0 Å². The van der Waals surface area contributed by atoms with E-state index >= 15 is 0 Å². The summed E-state index contributed by atoms with van der Waals surface area (Å²) in [4.78, 5) is 0.420. The van der Waals surface area contributed by atoms with Crippen LogP contribution in [0.15, 0.2) is 30.5 Å². The van der Waals surface area contributed by atoms with E-state index in [1.807, 2.05) is 30.5 Å². The van der Waals surface area contributed by atoms with Gasteiger partial charge in [0.15, 0.2) is 0 Å². The van der Waals surface area contributed by atoms with E-state index in [0.29, 0.717) is 4.99 Å².